The second kappa shape index (κ2) is 5.02. The topological polar surface area (TPSA) is 41.1 Å². The third kappa shape index (κ3) is 2.10. The molecule has 2 N–H and O–H groups in total. The number of hydrogen-bond donors (Lipinski definition) is 2. The molecule has 4 rings (SSSR count). The maximum absolute atomic E-state index is 12.1. The highest BCUT2D eigenvalue weighted by atomic mass is 16.2. The van der Waals surface area contributed by atoms with Crippen molar-refractivity contribution in [3.8, 4) is 0 Å². The fraction of sp³-hybridized carbons (Fsp3) is 0.211. The van der Waals surface area contributed by atoms with Crippen LogP contribution in [0.4, 0.5) is 4.79 Å². The maximum Gasteiger partial charge on any atom is 0.319 e. The molecule has 2 aromatic carbocycles. The minimum Gasteiger partial charge on any atom is -0.327 e. The molecule has 0 spiro atoms. The van der Waals surface area contributed by atoms with Crippen LogP contribution in [0.3, 0.4) is 0 Å². The van der Waals surface area contributed by atoms with Gasteiger partial charge in [-0.3, -0.25) is 0 Å². The molecule has 0 saturated carbocycles. The Morgan fingerprint density at radius 3 is 2.59 bits per heavy atom. The van der Waals surface area contributed by atoms with Crippen LogP contribution in [0, 0.1) is 6.92 Å². The van der Waals surface area contributed by atoms with Crippen molar-refractivity contribution in [2.45, 2.75) is 25.8 Å². The molecular weight excluding hydrogens is 272 g/mol. The summed E-state index contributed by atoms with van der Waals surface area (Å²) in [6, 6.07) is 16.6. The van der Waals surface area contributed by atoms with Gasteiger partial charge in [0.1, 0.15) is 0 Å². The lowest BCUT2D eigenvalue weighted by atomic mass is 9.83. The smallest absolute Gasteiger partial charge is 0.319 e. The van der Waals surface area contributed by atoms with Gasteiger partial charge in [0.05, 0.1) is 11.7 Å². The zero-order valence-electron chi connectivity index (χ0n) is 12.5. The Balaban J connectivity index is 1.84. The first-order valence-electron chi connectivity index (χ1n) is 7.68. The van der Waals surface area contributed by atoms with Crippen molar-refractivity contribution in [1.29, 1.82) is 0 Å². The number of urea groups is 1. The van der Waals surface area contributed by atoms with E-state index in [1.807, 2.05) is 6.07 Å². The van der Waals surface area contributed by atoms with Gasteiger partial charge in [-0.25, -0.2) is 4.79 Å². The summed E-state index contributed by atoms with van der Waals surface area (Å²) in [4.78, 5) is 12.1. The first-order chi connectivity index (χ1) is 10.7. The number of carbonyl (C=O) groups excluding carboxylic acids is 1. The highest BCUT2D eigenvalue weighted by Crippen LogP contribution is 2.38. The Bertz CT molecular complexity index is 774. The number of carbonyl (C=O) groups is 1. The summed E-state index contributed by atoms with van der Waals surface area (Å²) < 4.78 is 0. The van der Waals surface area contributed by atoms with Crippen molar-refractivity contribution in [2.75, 3.05) is 0 Å². The number of hydrogen-bond acceptors (Lipinski definition) is 1. The van der Waals surface area contributed by atoms with E-state index in [4.69, 9.17) is 0 Å². The van der Waals surface area contributed by atoms with E-state index in [9.17, 15) is 4.79 Å². The summed E-state index contributed by atoms with van der Waals surface area (Å²) in [6.07, 6.45) is 1.99. The summed E-state index contributed by atoms with van der Waals surface area (Å²) in [5, 5.41) is 6.09. The molecule has 2 aliphatic rings. The minimum absolute atomic E-state index is 0.0299. The Morgan fingerprint density at radius 1 is 1.00 bits per heavy atom. The molecule has 3 heteroatoms. The molecule has 1 atom stereocenters. The van der Waals surface area contributed by atoms with E-state index >= 15 is 0 Å². The van der Waals surface area contributed by atoms with Crippen LogP contribution in [0.25, 0.3) is 5.70 Å². The molecule has 0 bridgehead atoms. The molecule has 1 aliphatic carbocycles. The molecule has 2 amide bonds. The lowest BCUT2D eigenvalue weighted by Gasteiger charge is -2.34. The average Bonchev–Trinajstić information content (AvgIpc) is 2.55. The molecule has 1 heterocycles. The van der Waals surface area contributed by atoms with E-state index in [-0.39, 0.29) is 12.1 Å². The number of amides is 2. The summed E-state index contributed by atoms with van der Waals surface area (Å²) in [5.41, 5.74) is 7.12. The monoisotopic (exact) mass is 290 g/mol. The fourth-order valence-corrected chi connectivity index (χ4v) is 3.40. The Kier molecular flexibility index (Phi) is 3.00. The quantitative estimate of drug-likeness (QED) is 0.826. The average molecular weight is 290 g/mol. The predicted octanol–water partition coefficient (Wildman–Crippen LogP) is 3.71. The van der Waals surface area contributed by atoms with Gasteiger partial charge in [-0.05, 0) is 36.5 Å². The summed E-state index contributed by atoms with van der Waals surface area (Å²) in [7, 11) is 0. The molecule has 110 valence electrons. The van der Waals surface area contributed by atoms with Gasteiger partial charge in [0.2, 0.25) is 0 Å². The normalized spacial score (nSPS) is 19.9. The second-order valence-electron chi connectivity index (χ2n) is 6.00. The van der Waals surface area contributed by atoms with Gasteiger partial charge in [0, 0.05) is 5.56 Å². The maximum atomic E-state index is 12.1. The Hall–Kier alpha value is -2.55. The van der Waals surface area contributed by atoms with Gasteiger partial charge in [0.15, 0.2) is 0 Å². The van der Waals surface area contributed by atoms with Gasteiger partial charge in [0.25, 0.3) is 0 Å². The van der Waals surface area contributed by atoms with Crippen LogP contribution in [-0.2, 0) is 6.42 Å². The van der Waals surface area contributed by atoms with Crippen molar-refractivity contribution in [1.82, 2.24) is 10.6 Å². The second-order valence-corrected chi connectivity index (χ2v) is 6.00. The standard InChI is InChI=1S/C19H18N2O/c1-12-6-8-14(9-7-12)17-16-11-10-13-4-2-3-5-15(13)18(16)21-19(22)20-17/h2-9,17H,10-11H2,1H3,(H2,20,21,22)/t17-/m0/s1. The summed E-state index contributed by atoms with van der Waals surface area (Å²) in [6.45, 7) is 2.08. The van der Waals surface area contributed by atoms with Crippen molar-refractivity contribution >= 4 is 11.7 Å². The molecule has 3 nitrogen and oxygen atoms in total. The zero-order chi connectivity index (χ0) is 15.1. The number of rotatable bonds is 1. The third-order valence-corrected chi connectivity index (χ3v) is 4.54. The van der Waals surface area contributed by atoms with Crippen LogP contribution in [-0.4, -0.2) is 6.03 Å². The van der Waals surface area contributed by atoms with Crippen LogP contribution in [0.2, 0.25) is 0 Å². The van der Waals surface area contributed by atoms with E-state index in [0.717, 1.165) is 29.7 Å². The van der Waals surface area contributed by atoms with E-state index in [1.54, 1.807) is 0 Å². The van der Waals surface area contributed by atoms with Crippen LogP contribution in [0.5, 0.6) is 0 Å². The SMILES string of the molecule is Cc1ccc([C@@H]2NC(=O)NC3=C2CCc2ccccc23)cc1. The highest BCUT2D eigenvalue weighted by molar-refractivity contribution is 5.91. The largest absolute Gasteiger partial charge is 0.327 e. The van der Waals surface area contributed by atoms with Gasteiger partial charge in [-0.2, -0.15) is 0 Å². The van der Waals surface area contributed by atoms with E-state index in [2.05, 4.69) is 60.0 Å². The molecule has 0 saturated heterocycles. The Labute approximate surface area is 130 Å². The third-order valence-electron chi connectivity index (χ3n) is 4.54. The van der Waals surface area contributed by atoms with E-state index in [1.165, 1.54) is 16.7 Å². The van der Waals surface area contributed by atoms with Gasteiger partial charge in [-0.15, -0.1) is 0 Å². The van der Waals surface area contributed by atoms with Crippen LogP contribution < -0.4 is 10.6 Å². The molecule has 22 heavy (non-hydrogen) atoms. The van der Waals surface area contributed by atoms with Crippen LogP contribution >= 0.6 is 0 Å². The lowest BCUT2D eigenvalue weighted by Crippen LogP contribution is -2.44. The molecule has 0 unspecified atom stereocenters. The number of fused-ring (bicyclic) bond motifs is 2. The molecule has 0 fully saturated rings. The number of nitrogens with one attached hydrogen (secondary N) is 2. The van der Waals surface area contributed by atoms with Crippen molar-refractivity contribution in [3.63, 3.8) is 0 Å². The van der Waals surface area contributed by atoms with E-state index in [0.29, 0.717) is 0 Å². The molecule has 0 aromatic heterocycles. The minimum atomic E-state index is -0.124. The van der Waals surface area contributed by atoms with Gasteiger partial charge < -0.3 is 10.6 Å². The van der Waals surface area contributed by atoms with E-state index < -0.39 is 0 Å². The molecule has 2 aromatic rings. The fourth-order valence-electron chi connectivity index (χ4n) is 3.40. The van der Waals surface area contributed by atoms with Crippen LogP contribution in [0.1, 0.15) is 34.7 Å². The van der Waals surface area contributed by atoms with Crippen LogP contribution in [0.15, 0.2) is 54.1 Å². The summed E-state index contributed by atoms with van der Waals surface area (Å²) >= 11 is 0. The van der Waals surface area contributed by atoms with Crippen molar-refractivity contribution in [3.05, 3.63) is 76.4 Å². The predicted molar refractivity (Wildman–Crippen MR) is 87.3 cm³/mol. The highest BCUT2D eigenvalue weighted by Gasteiger charge is 2.31. The van der Waals surface area contributed by atoms with Gasteiger partial charge in [-0.1, -0.05) is 54.1 Å². The molecular formula is C19H18N2O. The number of benzene rings is 2. The zero-order valence-corrected chi connectivity index (χ0v) is 12.5. The number of aryl methyl sites for hydroxylation is 2. The summed E-state index contributed by atoms with van der Waals surface area (Å²) in [5.74, 6) is 0. The first-order valence-corrected chi connectivity index (χ1v) is 7.68. The van der Waals surface area contributed by atoms with Crippen molar-refractivity contribution in [2.24, 2.45) is 0 Å². The molecule has 0 radical (unpaired) electrons. The molecule has 1 aliphatic heterocycles. The lowest BCUT2D eigenvalue weighted by molar-refractivity contribution is 0.240. The van der Waals surface area contributed by atoms with Crippen molar-refractivity contribution < 1.29 is 4.79 Å². The first kappa shape index (κ1) is 13.1. The Morgan fingerprint density at radius 2 is 1.77 bits per heavy atom. The van der Waals surface area contributed by atoms with Gasteiger partial charge >= 0.3 is 6.03 Å².